The van der Waals surface area contributed by atoms with Crippen LogP contribution in [-0.2, 0) is 6.42 Å². The normalized spacial score (nSPS) is 10.3. The second-order valence-electron chi connectivity index (χ2n) is 3.85. The Bertz CT molecular complexity index is 524. The van der Waals surface area contributed by atoms with E-state index in [-0.39, 0.29) is 5.69 Å². The highest BCUT2D eigenvalue weighted by Gasteiger charge is 2.13. The van der Waals surface area contributed by atoms with Gasteiger partial charge < -0.3 is 14.4 Å². The SMILES string of the molecule is CN(CCc1ccncc1)c1nc(C(=O)O)co1. The first kappa shape index (κ1) is 12.1. The number of oxazole rings is 1. The number of carboxylic acid groups (broad SMARTS) is 1. The Balaban J connectivity index is 1.95. The van der Waals surface area contributed by atoms with Crippen molar-refractivity contribution >= 4 is 12.0 Å². The van der Waals surface area contributed by atoms with Crippen LogP contribution in [0.1, 0.15) is 16.1 Å². The molecule has 2 rings (SSSR count). The van der Waals surface area contributed by atoms with E-state index >= 15 is 0 Å². The fourth-order valence-electron chi connectivity index (χ4n) is 1.48. The van der Waals surface area contributed by atoms with Crippen LogP contribution in [0.3, 0.4) is 0 Å². The Hall–Kier alpha value is -2.37. The van der Waals surface area contributed by atoms with Gasteiger partial charge in [-0.05, 0) is 24.1 Å². The van der Waals surface area contributed by atoms with Gasteiger partial charge in [-0.3, -0.25) is 4.98 Å². The molecule has 6 heteroatoms. The average Bonchev–Trinajstić information content (AvgIpc) is 2.87. The molecule has 1 N–H and O–H groups in total. The van der Waals surface area contributed by atoms with Crippen LogP contribution in [0.5, 0.6) is 0 Å². The summed E-state index contributed by atoms with van der Waals surface area (Å²) in [5.41, 5.74) is 1.07. The monoisotopic (exact) mass is 247 g/mol. The van der Waals surface area contributed by atoms with E-state index < -0.39 is 5.97 Å². The number of nitrogens with zero attached hydrogens (tertiary/aromatic N) is 3. The number of rotatable bonds is 5. The lowest BCUT2D eigenvalue weighted by atomic mass is 10.2. The van der Waals surface area contributed by atoms with Crippen molar-refractivity contribution in [2.75, 3.05) is 18.5 Å². The van der Waals surface area contributed by atoms with Crippen molar-refractivity contribution in [1.82, 2.24) is 9.97 Å². The van der Waals surface area contributed by atoms with E-state index in [1.54, 1.807) is 24.3 Å². The second-order valence-corrected chi connectivity index (χ2v) is 3.85. The maximum Gasteiger partial charge on any atom is 0.357 e. The van der Waals surface area contributed by atoms with Gasteiger partial charge in [0.1, 0.15) is 6.26 Å². The van der Waals surface area contributed by atoms with Crippen molar-refractivity contribution in [3.63, 3.8) is 0 Å². The lowest BCUT2D eigenvalue weighted by Crippen LogP contribution is -2.20. The largest absolute Gasteiger partial charge is 0.476 e. The molecule has 0 bridgehead atoms. The van der Waals surface area contributed by atoms with Gasteiger partial charge in [-0.15, -0.1) is 0 Å². The molecule has 6 nitrogen and oxygen atoms in total. The van der Waals surface area contributed by atoms with E-state index in [4.69, 9.17) is 9.52 Å². The van der Waals surface area contributed by atoms with Gasteiger partial charge in [-0.25, -0.2) is 4.79 Å². The summed E-state index contributed by atoms with van der Waals surface area (Å²) < 4.78 is 5.10. The van der Waals surface area contributed by atoms with Crippen LogP contribution in [-0.4, -0.2) is 34.6 Å². The molecule has 0 aliphatic rings. The van der Waals surface area contributed by atoms with Crippen LogP contribution in [0.15, 0.2) is 35.2 Å². The topological polar surface area (TPSA) is 79.5 Å². The summed E-state index contributed by atoms with van der Waals surface area (Å²) in [6, 6.07) is 4.18. The fourth-order valence-corrected chi connectivity index (χ4v) is 1.48. The molecule has 0 atom stereocenters. The molecule has 0 unspecified atom stereocenters. The lowest BCUT2D eigenvalue weighted by Gasteiger charge is -2.13. The summed E-state index contributed by atoms with van der Waals surface area (Å²) >= 11 is 0. The maximum absolute atomic E-state index is 10.7. The standard InChI is InChI=1S/C12H13N3O3/c1-15(7-4-9-2-5-13-6-3-9)12-14-10(8-18-12)11(16)17/h2-3,5-6,8H,4,7H2,1H3,(H,16,17). The molecule has 2 aromatic heterocycles. The van der Waals surface area contributed by atoms with Crippen molar-refractivity contribution in [3.8, 4) is 0 Å². The van der Waals surface area contributed by atoms with Crippen molar-refractivity contribution < 1.29 is 14.3 Å². The zero-order valence-corrected chi connectivity index (χ0v) is 9.91. The Labute approximate surface area is 104 Å². The molecule has 0 radical (unpaired) electrons. The predicted molar refractivity (Wildman–Crippen MR) is 64.7 cm³/mol. The molecule has 0 spiro atoms. The van der Waals surface area contributed by atoms with Gasteiger partial charge in [-0.2, -0.15) is 4.98 Å². The molecule has 2 aromatic rings. The van der Waals surface area contributed by atoms with Gasteiger partial charge in [0.2, 0.25) is 0 Å². The lowest BCUT2D eigenvalue weighted by molar-refractivity contribution is 0.0690. The van der Waals surface area contributed by atoms with Crippen molar-refractivity contribution in [1.29, 1.82) is 0 Å². The Morgan fingerprint density at radius 2 is 2.17 bits per heavy atom. The van der Waals surface area contributed by atoms with Crippen LogP contribution in [0, 0.1) is 0 Å². The molecule has 0 amide bonds. The van der Waals surface area contributed by atoms with Crippen LogP contribution in [0.2, 0.25) is 0 Å². The summed E-state index contributed by atoms with van der Waals surface area (Å²) in [4.78, 5) is 20.3. The van der Waals surface area contributed by atoms with Crippen LogP contribution in [0.25, 0.3) is 0 Å². The first-order valence-electron chi connectivity index (χ1n) is 5.45. The molecule has 0 aliphatic carbocycles. The number of anilines is 1. The van der Waals surface area contributed by atoms with E-state index in [0.29, 0.717) is 12.6 Å². The highest BCUT2D eigenvalue weighted by Crippen LogP contribution is 2.12. The number of carboxylic acids is 1. The number of pyridine rings is 1. The number of carbonyl (C=O) groups is 1. The third kappa shape index (κ3) is 2.85. The molecular formula is C12H13N3O3. The van der Waals surface area contributed by atoms with Crippen LogP contribution < -0.4 is 4.90 Å². The third-order valence-electron chi connectivity index (χ3n) is 2.52. The van der Waals surface area contributed by atoms with Crippen LogP contribution in [0.4, 0.5) is 6.01 Å². The number of aromatic nitrogens is 2. The minimum atomic E-state index is -1.09. The van der Waals surface area contributed by atoms with Crippen molar-refractivity contribution in [3.05, 3.63) is 42.0 Å². The first-order chi connectivity index (χ1) is 8.66. The number of hydrogen-bond acceptors (Lipinski definition) is 5. The van der Waals surface area contributed by atoms with Gasteiger partial charge in [0.25, 0.3) is 6.01 Å². The summed E-state index contributed by atoms with van der Waals surface area (Å²) in [6.45, 7) is 0.684. The first-order valence-corrected chi connectivity index (χ1v) is 5.45. The minimum Gasteiger partial charge on any atom is -0.476 e. The fraction of sp³-hybridized carbons (Fsp3) is 0.250. The zero-order valence-electron chi connectivity index (χ0n) is 9.91. The highest BCUT2D eigenvalue weighted by atomic mass is 16.4. The molecule has 0 aliphatic heterocycles. The summed E-state index contributed by atoms with van der Waals surface area (Å²) in [7, 11) is 1.80. The molecular weight excluding hydrogens is 234 g/mol. The van der Waals surface area contributed by atoms with E-state index in [1.807, 2.05) is 12.1 Å². The molecule has 2 heterocycles. The molecule has 94 valence electrons. The van der Waals surface area contributed by atoms with E-state index in [2.05, 4.69) is 9.97 Å². The molecule has 0 saturated heterocycles. The average molecular weight is 247 g/mol. The molecule has 0 fully saturated rings. The van der Waals surface area contributed by atoms with Gasteiger partial charge in [0, 0.05) is 26.0 Å². The quantitative estimate of drug-likeness (QED) is 0.861. The maximum atomic E-state index is 10.7. The highest BCUT2D eigenvalue weighted by molar-refractivity contribution is 5.85. The Morgan fingerprint density at radius 1 is 1.44 bits per heavy atom. The van der Waals surface area contributed by atoms with Gasteiger partial charge in [0.05, 0.1) is 0 Å². The zero-order chi connectivity index (χ0) is 13.0. The number of hydrogen-bond donors (Lipinski definition) is 1. The number of aromatic carboxylic acids is 1. The Morgan fingerprint density at radius 3 is 2.78 bits per heavy atom. The smallest absolute Gasteiger partial charge is 0.357 e. The molecule has 18 heavy (non-hydrogen) atoms. The van der Waals surface area contributed by atoms with Crippen LogP contribution >= 0.6 is 0 Å². The second kappa shape index (κ2) is 5.31. The molecule has 0 saturated carbocycles. The Kier molecular flexibility index (Phi) is 3.57. The van der Waals surface area contributed by atoms with Gasteiger partial charge in [-0.1, -0.05) is 0 Å². The minimum absolute atomic E-state index is 0.0826. The van der Waals surface area contributed by atoms with Crippen molar-refractivity contribution in [2.45, 2.75) is 6.42 Å². The molecule has 0 aromatic carbocycles. The number of likely N-dealkylation sites (N-methyl/N-ethyl adjacent to an activating group) is 1. The van der Waals surface area contributed by atoms with E-state index in [9.17, 15) is 4.79 Å². The van der Waals surface area contributed by atoms with E-state index in [0.717, 1.165) is 18.2 Å². The van der Waals surface area contributed by atoms with Gasteiger partial charge >= 0.3 is 5.97 Å². The summed E-state index contributed by atoms with van der Waals surface area (Å²) in [5, 5.41) is 8.74. The summed E-state index contributed by atoms with van der Waals surface area (Å²) in [5.74, 6) is -1.09. The van der Waals surface area contributed by atoms with E-state index in [1.165, 1.54) is 0 Å². The summed E-state index contributed by atoms with van der Waals surface area (Å²) in [6.07, 6.45) is 5.43. The predicted octanol–water partition coefficient (Wildman–Crippen LogP) is 1.45. The van der Waals surface area contributed by atoms with Crippen molar-refractivity contribution in [2.24, 2.45) is 0 Å². The third-order valence-corrected chi connectivity index (χ3v) is 2.52. The van der Waals surface area contributed by atoms with Gasteiger partial charge in [0.15, 0.2) is 5.69 Å².